The third kappa shape index (κ3) is 5.41. The lowest BCUT2D eigenvalue weighted by Gasteiger charge is -2.34. The van der Waals surface area contributed by atoms with Crippen molar-refractivity contribution in [2.75, 3.05) is 53.1 Å². The van der Waals surface area contributed by atoms with Gasteiger partial charge in [-0.1, -0.05) is 6.07 Å². The van der Waals surface area contributed by atoms with Crippen molar-refractivity contribution in [1.82, 2.24) is 14.8 Å². The first-order valence-electron chi connectivity index (χ1n) is 7.26. The van der Waals surface area contributed by atoms with Crippen molar-refractivity contribution in [2.24, 2.45) is 0 Å². The Kier molecular flexibility index (Phi) is 6.59. The Morgan fingerprint density at radius 3 is 2.71 bits per heavy atom. The third-order valence-corrected chi connectivity index (χ3v) is 3.49. The van der Waals surface area contributed by atoms with Gasteiger partial charge in [-0.2, -0.15) is 0 Å². The second kappa shape index (κ2) is 8.71. The number of hydrogen-bond donors (Lipinski definition) is 0. The van der Waals surface area contributed by atoms with Gasteiger partial charge in [0.15, 0.2) is 0 Å². The topological polar surface area (TPSA) is 54.9 Å². The van der Waals surface area contributed by atoms with Crippen LogP contribution in [0.5, 0.6) is 0 Å². The zero-order valence-electron chi connectivity index (χ0n) is 12.5. The molecule has 0 aliphatic carbocycles. The number of piperazine rings is 1. The lowest BCUT2D eigenvalue weighted by molar-refractivity contribution is -0.138. The number of carbonyl (C=O) groups is 1. The minimum atomic E-state index is 0.0589. The van der Waals surface area contributed by atoms with E-state index in [-0.39, 0.29) is 12.5 Å². The van der Waals surface area contributed by atoms with E-state index in [2.05, 4.69) is 9.88 Å². The van der Waals surface area contributed by atoms with Crippen LogP contribution in [0.2, 0.25) is 0 Å². The summed E-state index contributed by atoms with van der Waals surface area (Å²) in [5.74, 6) is 0.0589. The molecule has 6 nitrogen and oxygen atoms in total. The van der Waals surface area contributed by atoms with Crippen molar-refractivity contribution in [3.63, 3.8) is 0 Å². The van der Waals surface area contributed by atoms with E-state index in [1.165, 1.54) is 0 Å². The predicted molar refractivity (Wildman–Crippen MR) is 78.8 cm³/mol. The van der Waals surface area contributed by atoms with E-state index in [1.807, 2.05) is 29.3 Å². The average molecular weight is 293 g/mol. The first-order chi connectivity index (χ1) is 10.3. The molecule has 116 valence electrons. The summed E-state index contributed by atoms with van der Waals surface area (Å²) in [6.45, 7) is 5.21. The van der Waals surface area contributed by atoms with Crippen LogP contribution in [-0.2, 0) is 20.8 Å². The number of pyridine rings is 1. The van der Waals surface area contributed by atoms with Crippen molar-refractivity contribution in [3.05, 3.63) is 30.1 Å². The Morgan fingerprint density at radius 2 is 2.05 bits per heavy atom. The van der Waals surface area contributed by atoms with Gasteiger partial charge in [0.1, 0.15) is 6.61 Å². The highest BCUT2D eigenvalue weighted by atomic mass is 16.5. The molecule has 0 saturated carbocycles. The number of ether oxygens (including phenoxy) is 2. The summed E-state index contributed by atoms with van der Waals surface area (Å²) in [6, 6.07) is 5.95. The summed E-state index contributed by atoms with van der Waals surface area (Å²) in [7, 11) is 1.62. The minimum Gasteiger partial charge on any atom is -0.382 e. The van der Waals surface area contributed by atoms with Crippen molar-refractivity contribution in [3.8, 4) is 0 Å². The van der Waals surface area contributed by atoms with Crippen LogP contribution in [0.1, 0.15) is 5.69 Å². The second-order valence-electron chi connectivity index (χ2n) is 5.02. The molecule has 1 saturated heterocycles. The number of rotatable bonds is 7. The van der Waals surface area contributed by atoms with Gasteiger partial charge in [0.2, 0.25) is 5.91 Å². The largest absolute Gasteiger partial charge is 0.382 e. The fraction of sp³-hybridized carbons (Fsp3) is 0.600. The summed E-state index contributed by atoms with van der Waals surface area (Å²) in [5, 5.41) is 0. The molecule has 1 aromatic rings. The first kappa shape index (κ1) is 15.9. The molecule has 2 heterocycles. The molecule has 0 atom stereocenters. The maximum Gasteiger partial charge on any atom is 0.248 e. The molecule has 0 spiro atoms. The van der Waals surface area contributed by atoms with Crippen LogP contribution in [-0.4, -0.2) is 73.8 Å². The van der Waals surface area contributed by atoms with Gasteiger partial charge < -0.3 is 14.4 Å². The van der Waals surface area contributed by atoms with E-state index < -0.39 is 0 Å². The molecule has 0 unspecified atom stereocenters. The van der Waals surface area contributed by atoms with Crippen molar-refractivity contribution in [2.45, 2.75) is 6.54 Å². The monoisotopic (exact) mass is 293 g/mol. The van der Waals surface area contributed by atoms with Crippen molar-refractivity contribution >= 4 is 5.91 Å². The normalized spacial score (nSPS) is 16.1. The van der Waals surface area contributed by atoms with Crippen LogP contribution in [0.25, 0.3) is 0 Å². The van der Waals surface area contributed by atoms with E-state index in [9.17, 15) is 4.79 Å². The highest BCUT2D eigenvalue weighted by molar-refractivity contribution is 5.77. The number of carbonyl (C=O) groups excluding carboxylic acids is 1. The van der Waals surface area contributed by atoms with Gasteiger partial charge in [-0.15, -0.1) is 0 Å². The zero-order valence-corrected chi connectivity index (χ0v) is 12.5. The molecule has 2 rings (SSSR count). The number of hydrogen-bond acceptors (Lipinski definition) is 5. The molecule has 1 amide bonds. The lowest BCUT2D eigenvalue weighted by Crippen LogP contribution is -2.49. The summed E-state index contributed by atoms with van der Waals surface area (Å²) < 4.78 is 10.1. The molecule has 0 radical (unpaired) electrons. The second-order valence-corrected chi connectivity index (χ2v) is 5.02. The number of nitrogens with zero attached hydrogens (tertiary/aromatic N) is 3. The zero-order chi connectivity index (χ0) is 14.9. The van der Waals surface area contributed by atoms with Gasteiger partial charge in [0, 0.05) is 46.0 Å². The highest BCUT2D eigenvalue weighted by Gasteiger charge is 2.21. The van der Waals surface area contributed by atoms with Gasteiger partial charge in [-0.25, -0.2) is 0 Å². The van der Waals surface area contributed by atoms with E-state index in [0.717, 1.165) is 38.4 Å². The Bertz CT molecular complexity index is 419. The molecule has 6 heteroatoms. The Balaban J connectivity index is 1.67. The smallest absolute Gasteiger partial charge is 0.248 e. The third-order valence-electron chi connectivity index (χ3n) is 3.49. The average Bonchev–Trinajstić information content (AvgIpc) is 2.53. The molecule has 21 heavy (non-hydrogen) atoms. The Morgan fingerprint density at radius 1 is 1.24 bits per heavy atom. The van der Waals surface area contributed by atoms with E-state index in [0.29, 0.717) is 13.2 Å². The first-order valence-corrected chi connectivity index (χ1v) is 7.26. The maximum absolute atomic E-state index is 12.0. The molecule has 0 aromatic carbocycles. The quantitative estimate of drug-likeness (QED) is 0.681. The lowest BCUT2D eigenvalue weighted by atomic mass is 10.2. The Labute approximate surface area is 125 Å². The van der Waals surface area contributed by atoms with E-state index >= 15 is 0 Å². The van der Waals surface area contributed by atoms with Crippen molar-refractivity contribution < 1.29 is 14.3 Å². The molecule has 0 N–H and O–H groups in total. The molecule has 1 aliphatic heterocycles. The van der Waals surface area contributed by atoms with E-state index in [1.54, 1.807) is 7.11 Å². The fourth-order valence-corrected chi connectivity index (χ4v) is 2.27. The van der Waals surface area contributed by atoms with Crippen LogP contribution >= 0.6 is 0 Å². The minimum absolute atomic E-state index is 0.0589. The molecule has 1 aliphatic rings. The van der Waals surface area contributed by atoms with Crippen LogP contribution in [0.3, 0.4) is 0 Å². The molecular weight excluding hydrogens is 270 g/mol. The summed E-state index contributed by atoms with van der Waals surface area (Å²) in [6.07, 6.45) is 1.81. The SMILES string of the molecule is COCCOCC(=O)N1CCN(Cc2ccccn2)CC1. The summed E-state index contributed by atoms with van der Waals surface area (Å²) in [4.78, 5) is 20.5. The van der Waals surface area contributed by atoms with Gasteiger partial charge >= 0.3 is 0 Å². The molecule has 1 aromatic heterocycles. The van der Waals surface area contributed by atoms with Crippen LogP contribution < -0.4 is 0 Å². The summed E-state index contributed by atoms with van der Waals surface area (Å²) in [5.41, 5.74) is 1.07. The molecule has 0 bridgehead atoms. The van der Waals surface area contributed by atoms with Gasteiger partial charge in [0.05, 0.1) is 18.9 Å². The van der Waals surface area contributed by atoms with Gasteiger partial charge in [-0.05, 0) is 12.1 Å². The van der Waals surface area contributed by atoms with Crippen LogP contribution in [0.4, 0.5) is 0 Å². The fourth-order valence-electron chi connectivity index (χ4n) is 2.27. The maximum atomic E-state index is 12.0. The standard InChI is InChI=1S/C15H23N3O3/c1-20-10-11-21-13-15(19)18-8-6-17(7-9-18)12-14-4-2-3-5-16-14/h2-5H,6-13H2,1H3. The highest BCUT2D eigenvalue weighted by Crippen LogP contribution is 2.06. The summed E-state index contributed by atoms with van der Waals surface area (Å²) >= 11 is 0. The molecular formula is C15H23N3O3. The number of methoxy groups -OCH3 is 1. The van der Waals surface area contributed by atoms with Gasteiger partial charge in [-0.3, -0.25) is 14.7 Å². The predicted octanol–water partition coefficient (Wildman–Crippen LogP) is 0.389. The molecule has 1 fully saturated rings. The van der Waals surface area contributed by atoms with Crippen LogP contribution in [0.15, 0.2) is 24.4 Å². The Hall–Kier alpha value is -1.50. The number of aromatic nitrogens is 1. The number of amides is 1. The van der Waals surface area contributed by atoms with E-state index in [4.69, 9.17) is 9.47 Å². The van der Waals surface area contributed by atoms with Crippen LogP contribution in [0, 0.1) is 0 Å². The van der Waals surface area contributed by atoms with Gasteiger partial charge in [0.25, 0.3) is 0 Å². The van der Waals surface area contributed by atoms with Crippen molar-refractivity contribution in [1.29, 1.82) is 0 Å².